The average molecular weight is 522 g/mol. The van der Waals surface area contributed by atoms with E-state index in [4.69, 9.17) is 23.7 Å². The molecular weight excluding hydrogens is 486 g/mol. The van der Waals surface area contributed by atoms with Crippen LogP contribution in [-0.2, 0) is 19.1 Å². The van der Waals surface area contributed by atoms with Gasteiger partial charge in [0.1, 0.15) is 12.4 Å². The highest BCUT2D eigenvalue weighted by atomic mass is 16.6. The molecule has 1 N–H and O–H groups in total. The molecule has 0 radical (unpaired) electrons. The van der Waals surface area contributed by atoms with E-state index in [2.05, 4.69) is 5.32 Å². The Balaban J connectivity index is 1.74. The normalized spacial score (nSPS) is 19.0. The fourth-order valence-corrected chi connectivity index (χ4v) is 5.28. The van der Waals surface area contributed by atoms with Gasteiger partial charge >= 0.3 is 5.97 Å². The van der Waals surface area contributed by atoms with Crippen LogP contribution in [0.3, 0.4) is 0 Å². The molecule has 0 fully saturated rings. The number of nitrogens with one attached hydrogen (secondary N) is 1. The van der Waals surface area contributed by atoms with Gasteiger partial charge in [-0.05, 0) is 49.9 Å². The summed E-state index contributed by atoms with van der Waals surface area (Å²) < 4.78 is 27.4. The van der Waals surface area contributed by atoms with Crippen LogP contribution >= 0.6 is 0 Å². The van der Waals surface area contributed by atoms with Gasteiger partial charge in [-0.25, -0.2) is 4.79 Å². The van der Waals surface area contributed by atoms with Crippen molar-refractivity contribution in [3.8, 4) is 17.2 Å². The minimum atomic E-state index is -0.610. The minimum Gasteiger partial charge on any atom is -0.496 e. The maximum atomic E-state index is 13.9. The molecule has 2 aliphatic rings. The quantitative estimate of drug-likeness (QED) is 0.357. The molecule has 0 saturated heterocycles. The molecular formula is C30H35NO7. The van der Waals surface area contributed by atoms with Crippen molar-refractivity contribution < 1.29 is 33.3 Å². The van der Waals surface area contributed by atoms with Gasteiger partial charge in [0, 0.05) is 35.6 Å². The molecule has 0 aromatic heterocycles. The third kappa shape index (κ3) is 5.41. The number of hydrogen-bond acceptors (Lipinski definition) is 8. The Bertz CT molecular complexity index is 1260. The van der Waals surface area contributed by atoms with Gasteiger partial charge in [0.25, 0.3) is 0 Å². The fourth-order valence-electron chi connectivity index (χ4n) is 5.28. The molecule has 0 unspecified atom stereocenters. The molecule has 38 heavy (non-hydrogen) atoms. The summed E-state index contributed by atoms with van der Waals surface area (Å²) in [5.41, 5.74) is 4.18. The van der Waals surface area contributed by atoms with E-state index in [1.807, 2.05) is 56.3 Å². The van der Waals surface area contributed by atoms with Crippen LogP contribution in [0.15, 0.2) is 65.0 Å². The van der Waals surface area contributed by atoms with Gasteiger partial charge in [0.15, 0.2) is 17.3 Å². The second kappa shape index (κ2) is 12.2. The molecule has 0 amide bonds. The van der Waals surface area contributed by atoms with Crippen LogP contribution < -0.4 is 19.5 Å². The highest BCUT2D eigenvalue weighted by Crippen LogP contribution is 2.48. The number of benzene rings is 2. The SMILES string of the molecule is CCOCCOC(=O)C1=C(C)NC2=C(C(=O)C[C@H](c3ccc(OC)c(OC)c3)C2)[C@@H]1c1ccccc1OC. The van der Waals surface area contributed by atoms with Crippen LogP contribution in [0.25, 0.3) is 0 Å². The number of carbonyl (C=O) groups excluding carboxylic acids is 2. The summed E-state index contributed by atoms with van der Waals surface area (Å²) >= 11 is 0. The van der Waals surface area contributed by atoms with Crippen molar-refractivity contribution in [2.24, 2.45) is 0 Å². The van der Waals surface area contributed by atoms with Gasteiger partial charge in [0.05, 0.1) is 39.4 Å². The first-order valence-corrected chi connectivity index (χ1v) is 12.8. The lowest BCUT2D eigenvalue weighted by atomic mass is 9.71. The van der Waals surface area contributed by atoms with E-state index < -0.39 is 11.9 Å². The first-order chi connectivity index (χ1) is 18.4. The first kappa shape index (κ1) is 27.3. The Kier molecular flexibility index (Phi) is 8.73. The van der Waals surface area contributed by atoms with E-state index in [1.54, 1.807) is 21.3 Å². The molecule has 0 bridgehead atoms. The topological polar surface area (TPSA) is 92.3 Å². The number of hydrogen-bond donors (Lipinski definition) is 1. The highest BCUT2D eigenvalue weighted by Gasteiger charge is 2.42. The maximum absolute atomic E-state index is 13.9. The van der Waals surface area contributed by atoms with Gasteiger partial charge in [-0.3, -0.25) is 4.79 Å². The maximum Gasteiger partial charge on any atom is 0.336 e. The van der Waals surface area contributed by atoms with Crippen molar-refractivity contribution in [3.63, 3.8) is 0 Å². The first-order valence-electron chi connectivity index (χ1n) is 12.8. The van der Waals surface area contributed by atoms with E-state index in [0.717, 1.165) is 16.8 Å². The summed E-state index contributed by atoms with van der Waals surface area (Å²) in [6.07, 6.45) is 0.902. The number of dihydropyridines is 1. The summed E-state index contributed by atoms with van der Waals surface area (Å²) in [5, 5.41) is 3.38. The van der Waals surface area contributed by atoms with Gasteiger partial charge in [-0.15, -0.1) is 0 Å². The standard InChI is InChI=1S/C30H35NO7/c1-6-37-13-14-38-30(33)27-18(2)31-22-15-20(19-11-12-25(35-4)26(17-19)36-5)16-23(32)29(22)28(27)21-9-7-8-10-24(21)34-3/h7-12,17,20,28,31H,6,13-16H2,1-5H3/t20-,28-/m1/s1. The van der Waals surface area contributed by atoms with Crippen molar-refractivity contribution in [3.05, 3.63) is 76.1 Å². The third-order valence-electron chi connectivity index (χ3n) is 7.04. The van der Waals surface area contributed by atoms with Crippen LogP contribution in [0.1, 0.15) is 49.7 Å². The Morgan fingerprint density at radius 1 is 0.947 bits per heavy atom. The number of carbonyl (C=O) groups is 2. The van der Waals surface area contributed by atoms with E-state index in [0.29, 0.717) is 60.1 Å². The molecule has 1 aliphatic carbocycles. The summed E-state index contributed by atoms with van der Waals surface area (Å²) in [6, 6.07) is 13.2. The van der Waals surface area contributed by atoms with E-state index in [1.165, 1.54) is 0 Å². The molecule has 0 saturated carbocycles. The Labute approximate surface area is 223 Å². The molecule has 1 aliphatic heterocycles. The number of methoxy groups -OCH3 is 3. The van der Waals surface area contributed by atoms with E-state index in [-0.39, 0.29) is 18.3 Å². The average Bonchev–Trinajstić information content (AvgIpc) is 2.93. The number of para-hydroxylation sites is 1. The van der Waals surface area contributed by atoms with Crippen molar-refractivity contribution in [2.45, 2.75) is 38.5 Å². The van der Waals surface area contributed by atoms with Crippen molar-refractivity contribution in [1.29, 1.82) is 0 Å². The lowest BCUT2D eigenvalue weighted by molar-refractivity contribution is -0.140. The Morgan fingerprint density at radius 3 is 2.39 bits per heavy atom. The minimum absolute atomic E-state index is 0.0263. The summed E-state index contributed by atoms with van der Waals surface area (Å²) in [4.78, 5) is 27.2. The number of Topliss-reactive ketones (excluding diaryl/α,β-unsaturated/α-hetero) is 1. The molecule has 4 rings (SSSR count). The van der Waals surface area contributed by atoms with Crippen LogP contribution in [0, 0.1) is 0 Å². The molecule has 0 spiro atoms. The molecule has 2 atom stereocenters. The smallest absolute Gasteiger partial charge is 0.336 e. The summed E-state index contributed by atoms with van der Waals surface area (Å²) in [7, 11) is 4.77. The predicted molar refractivity (Wildman–Crippen MR) is 143 cm³/mol. The monoisotopic (exact) mass is 521 g/mol. The van der Waals surface area contributed by atoms with Crippen LogP contribution in [0.2, 0.25) is 0 Å². The van der Waals surface area contributed by atoms with Crippen molar-refractivity contribution in [1.82, 2.24) is 5.32 Å². The predicted octanol–water partition coefficient (Wildman–Crippen LogP) is 4.65. The van der Waals surface area contributed by atoms with Crippen LogP contribution in [-0.4, -0.2) is 52.9 Å². The largest absolute Gasteiger partial charge is 0.496 e. The number of esters is 1. The molecule has 8 heteroatoms. The summed E-state index contributed by atoms with van der Waals surface area (Å²) in [5.74, 6) is 0.688. The number of ketones is 1. The second-order valence-electron chi connectivity index (χ2n) is 9.21. The Hall–Kier alpha value is -3.78. The number of allylic oxidation sites excluding steroid dienone is 3. The lowest BCUT2D eigenvalue weighted by Gasteiger charge is -2.37. The van der Waals surface area contributed by atoms with Gasteiger partial charge in [-0.2, -0.15) is 0 Å². The molecule has 8 nitrogen and oxygen atoms in total. The van der Waals surface area contributed by atoms with Gasteiger partial charge < -0.3 is 29.0 Å². The zero-order valence-corrected chi connectivity index (χ0v) is 22.6. The highest BCUT2D eigenvalue weighted by molar-refractivity contribution is 6.04. The molecule has 2 aromatic rings. The molecule has 1 heterocycles. The fraction of sp³-hybridized carbons (Fsp3) is 0.400. The zero-order chi connectivity index (χ0) is 27.2. The van der Waals surface area contributed by atoms with Gasteiger partial charge in [0.2, 0.25) is 0 Å². The van der Waals surface area contributed by atoms with Crippen molar-refractivity contribution >= 4 is 11.8 Å². The van der Waals surface area contributed by atoms with E-state index >= 15 is 0 Å². The number of rotatable bonds is 10. The van der Waals surface area contributed by atoms with E-state index in [9.17, 15) is 9.59 Å². The van der Waals surface area contributed by atoms with Crippen molar-refractivity contribution in [2.75, 3.05) is 41.2 Å². The molecule has 202 valence electrons. The van der Waals surface area contributed by atoms with Crippen LogP contribution in [0.5, 0.6) is 17.2 Å². The summed E-state index contributed by atoms with van der Waals surface area (Å²) in [6.45, 7) is 4.70. The Morgan fingerprint density at radius 2 is 1.68 bits per heavy atom. The van der Waals surface area contributed by atoms with Crippen LogP contribution in [0.4, 0.5) is 0 Å². The molecule has 2 aromatic carbocycles. The third-order valence-corrected chi connectivity index (χ3v) is 7.04. The second-order valence-corrected chi connectivity index (χ2v) is 9.21. The lowest BCUT2D eigenvalue weighted by Crippen LogP contribution is -2.36. The van der Waals surface area contributed by atoms with Gasteiger partial charge in [-0.1, -0.05) is 24.3 Å². The number of ether oxygens (including phenoxy) is 5. The zero-order valence-electron chi connectivity index (χ0n) is 22.6.